The maximum Gasteiger partial charge on any atom is 0.213 e. The molecule has 0 saturated heterocycles. The van der Waals surface area contributed by atoms with Crippen molar-refractivity contribution in [3.05, 3.63) is 30.7 Å². The zero-order valence-corrected chi connectivity index (χ0v) is 7.38. The number of likely N-dealkylation sites (N-methyl/N-ethyl adjacent to an activating group) is 1. The Bertz CT molecular complexity index is 295. The van der Waals surface area contributed by atoms with Gasteiger partial charge in [0.2, 0.25) is 5.88 Å². The van der Waals surface area contributed by atoms with Crippen LogP contribution in [0.1, 0.15) is 0 Å². The van der Waals surface area contributed by atoms with Gasteiger partial charge in [-0.1, -0.05) is 0 Å². The van der Waals surface area contributed by atoms with E-state index in [4.69, 9.17) is 4.42 Å². The van der Waals surface area contributed by atoms with Crippen molar-refractivity contribution >= 4 is 5.88 Å². The van der Waals surface area contributed by atoms with Gasteiger partial charge in [-0.3, -0.25) is 5.01 Å². The van der Waals surface area contributed by atoms with Gasteiger partial charge >= 0.3 is 0 Å². The van der Waals surface area contributed by atoms with Crippen molar-refractivity contribution in [1.82, 2.24) is 5.01 Å². The fourth-order valence-electron chi connectivity index (χ4n) is 1.36. The molecule has 0 bridgehead atoms. The molecule has 0 saturated carbocycles. The first kappa shape index (κ1) is 8.34. The third kappa shape index (κ3) is 1.34. The summed E-state index contributed by atoms with van der Waals surface area (Å²) in [5.41, 5.74) is 0. The van der Waals surface area contributed by atoms with Crippen LogP contribution in [-0.2, 0) is 5.11 Å². The summed E-state index contributed by atoms with van der Waals surface area (Å²) >= 11 is 0. The first-order valence-electron chi connectivity index (χ1n) is 4.15. The van der Waals surface area contributed by atoms with E-state index in [1.165, 1.54) is 0 Å². The lowest BCUT2D eigenvalue weighted by molar-refractivity contribution is 0.126. The van der Waals surface area contributed by atoms with Gasteiger partial charge in [0.05, 0.1) is 12.3 Å². The molecule has 4 nitrogen and oxygen atoms in total. The van der Waals surface area contributed by atoms with Gasteiger partial charge in [0.25, 0.3) is 0 Å². The molecule has 2 heterocycles. The third-order valence-corrected chi connectivity index (χ3v) is 2.17. The number of rotatable bonds is 2. The first-order chi connectivity index (χ1) is 6.33. The third-order valence-electron chi connectivity index (χ3n) is 2.17. The van der Waals surface area contributed by atoms with E-state index >= 15 is 0 Å². The molecule has 0 N–H and O–H groups in total. The summed E-state index contributed by atoms with van der Waals surface area (Å²) in [6.45, 7) is -0.135. The molecule has 13 heavy (non-hydrogen) atoms. The largest absolute Gasteiger partial charge is 0.447 e. The number of furan rings is 1. The molecule has 1 radical (unpaired) electrons. The summed E-state index contributed by atoms with van der Waals surface area (Å²) in [6.07, 6.45) is 5.33. The minimum absolute atomic E-state index is 0.0647. The second-order valence-electron chi connectivity index (χ2n) is 2.95. The highest BCUT2D eigenvalue weighted by Gasteiger charge is 2.24. The number of hydrazine groups is 1. The molecule has 69 valence electrons. The second-order valence-corrected chi connectivity index (χ2v) is 2.95. The lowest BCUT2D eigenvalue weighted by Crippen LogP contribution is -2.38. The molecule has 0 spiro atoms. The molecule has 1 atom stereocenters. The van der Waals surface area contributed by atoms with Crippen molar-refractivity contribution in [2.45, 2.75) is 6.04 Å². The van der Waals surface area contributed by atoms with Gasteiger partial charge in [-0.15, -0.1) is 0 Å². The molecule has 0 aromatic carbocycles. The topological polar surface area (TPSA) is 39.5 Å². The van der Waals surface area contributed by atoms with Crippen LogP contribution in [0.2, 0.25) is 0 Å². The number of hydrogen-bond donors (Lipinski definition) is 0. The smallest absolute Gasteiger partial charge is 0.213 e. The minimum Gasteiger partial charge on any atom is -0.447 e. The highest BCUT2D eigenvalue weighted by atomic mass is 16.4. The van der Waals surface area contributed by atoms with E-state index < -0.39 is 0 Å². The Kier molecular flexibility index (Phi) is 2.08. The summed E-state index contributed by atoms with van der Waals surface area (Å²) in [5.74, 6) is 0.731. The van der Waals surface area contributed by atoms with Gasteiger partial charge in [-0.25, -0.2) is 10.1 Å². The Labute approximate surface area is 76.6 Å². The minimum atomic E-state index is -0.135. The Hall–Kier alpha value is -1.26. The van der Waals surface area contributed by atoms with Gasteiger partial charge in [-0.2, -0.15) is 0 Å². The van der Waals surface area contributed by atoms with Crippen LogP contribution in [0.3, 0.4) is 0 Å². The van der Waals surface area contributed by atoms with Gasteiger partial charge in [0.15, 0.2) is 0 Å². The number of anilines is 1. The van der Waals surface area contributed by atoms with Crippen molar-refractivity contribution in [1.29, 1.82) is 0 Å². The maximum atomic E-state index is 10.7. The molecular weight excluding hydrogens is 168 g/mol. The van der Waals surface area contributed by atoms with Gasteiger partial charge in [-0.05, 0) is 12.1 Å². The molecule has 1 aliphatic rings. The molecule has 4 heteroatoms. The van der Waals surface area contributed by atoms with Crippen molar-refractivity contribution < 1.29 is 9.52 Å². The molecule has 0 fully saturated rings. The Balaban J connectivity index is 2.16. The van der Waals surface area contributed by atoms with E-state index in [1.54, 1.807) is 6.26 Å². The molecule has 0 aliphatic carbocycles. The van der Waals surface area contributed by atoms with Gasteiger partial charge in [0.1, 0.15) is 6.61 Å². The second kappa shape index (κ2) is 3.24. The highest BCUT2D eigenvalue weighted by molar-refractivity contribution is 5.39. The Morgan fingerprint density at radius 3 is 3.00 bits per heavy atom. The van der Waals surface area contributed by atoms with Crippen molar-refractivity contribution in [3.8, 4) is 0 Å². The lowest BCUT2D eigenvalue weighted by atomic mass is 10.3. The fourth-order valence-corrected chi connectivity index (χ4v) is 1.36. The monoisotopic (exact) mass is 179 g/mol. The van der Waals surface area contributed by atoms with Crippen LogP contribution >= 0.6 is 0 Å². The van der Waals surface area contributed by atoms with Gasteiger partial charge < -0.3 is 4.42 Å². The lowest BCUT2D eigenvalue weighted by Gasteiger charge is -2.26. The van der Waals surface area contributed by atoms with Gasteiger partial charge in [0, 0.05) is 19.3 Å². The van der Waals surface area contributed by atoms with Crippen LogP contribution in [0.4, 0.5) is 5.88 Å². The summed E-state index contributed by atoms with van der Waals surface area (Å²) in [6, 6.07) is 3.61. The molecule has 1 aromatic heterocycles. The predicted molar refractivity (Wildman–Crippen MR) is 47.4 cm³/mol. The standard InChI is InChI=1S/C9H11N2O2/c1-10-8(7-12)4-5-11(10)9-3-2-6-13-9/h2-6,8H,7H2,1H3. The Morgan fingerprint density at radius 2 is 2.46 bits per heavy atom. The predicted octanol–water partition coefficient (Wildman–Crippen LogP) is 1.26. The van der Waals surface area contributed by atoms with Crippen molar-refractivity contribution in [2.75, 3.05) is 18.7 Å². The highest BCUT2D eigenvalue weighted by Crippen LogP contribution is 2.22. The average Bonchev–Trinajstić information content (AvgIpc) is 2.72. The van der Waals surface area contributed by atoms with Crippen LogP contribution in [0.25, 0.3) is 0 Å². The first-order valence-corrected chi connectivity index (χ1v) is 4.15. The van der Waals surface area contributed by atoms with Crippen molar-refractivity contribution in [2.24, 2.45) is 0 Å². The van der Waals surface area contributed by atoms with E-state index in [9.17, 15) is 5.11 Å². The normalized spacial score (nSPS) is 22.9. The quantitative estimate of drug-likeness (QED) is 0.686. The number of hydrogen-bond acceptors (Lipinski definition) is 3. The van der Waals surface area contributed by atoms with Crippen LogP contribution in [0.15, 0.2) is 35.1 Å². The van der Waals surface area contributed by atoms with E-state index in [2.05, 4.69) is 0 Å². The van der Waals surface area contributed by atoms with E-state index in [0.717, 1.165) is 5.88 Å². The molecule has 2 rings (SSSR count). The summed E-state index contributed by atoms with van der Waals surface area (Å²) in [4.78, 5) is 0. The van der Waals surface area contributed by atoms with Crippen LogP contribution in [-0.4, -0.2) is 24.7 Å². The van der Waals surface area contributed by atoms with E-state index in [0.29, 0.717) is 0 Å². The summed E-state index contributed by atoms with van der Waals surface area (Å²) in [7, 11) is 1.87. The van der Waals surface area contributed by atoms with E-state index in [-0.39, 0.29) is 12.6 Å². The zero-order valence-electron chi connectivity index (χ0n) is 7.38. The molecule has 0 amide bonds. The maximum absolute atomic E-state index is 10.7. The fraction of sp³-hybridized carbons (Fsp3) is 0.333. The molecular formula is C9H11N2O2. The van der Waals surface area contributed by atoms with Crippen LogP contribution < -0.4 is 5.01 Å². The van der Waals surface area contributed by atoms with Crippen LogP contribution in [0, 0.1) is 0 Å². The van der Waals surface area contributed by atoms with Crippen LogP contribution in [0.5, 0.6) is 0 Å². The van der Waals surface area contributed by atoms with E-state index in [1.807, 2.05) is 41.5 Å². The molecule has 1 aliphatic heterocycles. The Morgan fingerprint density at radius 1 is 1.62 bits per heavy atom. The zero-order chi connectivity index (χ0) is 9.26. The summed E-state index contributed by atoms with van der Waals surface area (Å²) < 4.78 is 5.21. The average molecular weight is 179 g/mol. The molecule has 1 aromatic rings. The summed E-state index contributed by atoms with van der Waals surface area (Å²) in [5, 5.41) is 14.4. The van der Waals surface area contributed by atoms with Crippen molar-refractivity contribution in [3.63, 3.8) is 0 Å². The SMILES string of the molecule is CN1C(C[O])C=CN1c1ccco1. The molecule has 1 unspecified atom stereocenters. The number of nitrogens with zero attached hydrogens (tertiary/aromatic N) is 2.